The summed E-state index contributed by atoms with van der Waals surface area (Å²) in [4.78, 5) is 4.61. The first-order valence-corrected chi connectivity index (χ1v) is 8.33. The minimum atomic E-state index is -3.40. The fourth-order valence-corrected chi connectivity index (χ4v) is 2.11. The monoisotopic (exact) mass is 392 g/mol. The van der Waals surface area contributed by atoms with Crippen LogP contribution in [0.25, 0.3) is 10.9 Å². The Bertz CT molecular complexity index is 521. The van der Waals surface area contributed by atoms with Crippen molar-refractivity contribution in [1.82, 2.24) is 4.98 Å². The van der Waals surface area contributed by atoms with Gasteiger partial charge in [-0.2, -0.15) is 0 Å². The molecular weight excluding hydrogens is 380 g/mol. The average molecular weight is 394 g/mol. The van der Waals surface area contributed by atoms with Gasteiger partial charge in [0.15, 0.2) is 0 Å². The van der Waals surface area contributed by atoms with Crippen molar-refractivity contribution in [1.29, 1.82) is 0 Å². The third kappa shape index (κ3) is 5.94. The van der Waals surface area contributed by atoms with Gasteiger partial charge in [-0.05, 0) is 51.6 Å². The first-order valence-electron chi connectivity index (χ1n) is 5.53. The van der Waals surface area contributed by atoms with E-state index < -0.39 is 14.8 Å². The van der Waals surface area contributed by atoms with Crippen LogP contribution < -0.4 is 14.1 Å². The highest BCUT2D eigenvalue weighted by Gasteiger charge is 2.03. The zero-order valence-electron chi connectivity index (χ0n) is 10.1. The lowest BCUT2D eigenvalue weighted by atomic mass is 10.1. The van der Waals surface area contributed by atoms with Gasteiger partial charge in [-0.25, -0.2) is 0 Å². The van der Waals surface area contributed by atoms with Crippen molar-refractivity contribution >= 4 is 26.8 Å². The zero-order valence-corrected chi connectivity index (χ0v) is 13.2. The van der Waals surface area contributed by atoms with Crippen LogP contribution in [-0.2, 0) is 6.42 Å². The van der Waals surface area contributed by atoms with E-state index in [9.17, 15) is 0 Å². The van der Waals surface area contributed by atoms with Crippen molar-refractivity contribution in [2.24, 2.45) is 5.73 Å². The number of nitrogens with zero attached hydrogens (tertiary/aromatic N) is 1. The maximum absolute atomic E-state index is 8.63. The smallest absolute Gasteiger partial charge is 0.372 e. The molecule has 1 aromatic heterocycles. The van der Waals surface area contributed by atoms with Gasteiger partial charge in [0, 0.05) is 9.86 Å². The summed E-state index contributed by atoms with van der Waals surface area (Å²) in [6.07, 6.45) is 1.91. The number of benzene rings is 1. The minimum absolute atomic E-state index is 0.709. The van der Waals surface area contributed by atoms with Crippen molar-refractivity contribution < 1.29 is 27.4 Å². The van der Waals surface area contributed by atoms with Crippen LogP contribution in [0.4, 0.5) is 0 Å². The first kappa shape index (κ1) is 16.5. The van der Waals surface area contributed by atoms with Gasteiger partial charge in [0.1, 0.15) is 0 Å². The lowest BCUT2D eigenvalue weighted by Gasteiger charge is -2.05. The van der Waals surface area contributed by atoms with Crippen LogP contribution in [-0.4, -0.2) is 15.7 Å². The summed E-state index contributed by atoms with van der Waals surface area (Å²) in [5, 5.41) is 1.17. The molecule has 104 valence electrons. The van der Waals surface area contributed by atoms with Crippen LogP contribution in [0.5, 0.6) is 0 Å². The summed E-state index contributed by atoms with van der Waals surface area (Å²) in [6, 6.07) is 10.3. The highest BCUT2D eigenvalue weighted by Crippen LogP contribution is 2.22. The normalized spacial score (nSPS) is 10.4. The molecule has 0 aliphatic heterocycles. The standard InChI is InChI=1S/C12H13BrN2.BrHO3/c13-10-8-9-4-1-2-5-11(9)15-12(10)6-3-7-14;2-1(3)4/h1-2,4-5,8H,3,6-7,14H2;2H. The molecular formula is C12H14Br2N2O3. The Morgan fingerprint density at radius 2 is 1.95 bits per heavy atom. The second-order valence-electron chi connectivity index (χ2n) is 3.70. The molecule has 0 saturated carbocycles. The number of rotatable bonds is 3. The zero-order chi connectivity index (χ0) is 14.3. The summed E-state index contributed by atoms with van der Waals surface area (Å²) in [6.45, 7) is 0.709. The van der Waals surface area contributed by atoms with E-state index in [1.165, 1.54) is 5.39 Å². The Hall–Kier alpha value is -0.570. The Labute approximate surface area is 125 Å². The molecule has 19 heavy (non-hydrogen) atoms. The number of pyridine rings is 1. The van der Waals surface area contributed by atoms with Crippen LogP contribution in [0.3, 0.4) is 0 Å². The van der Waals surface area contributed by atoms with Gasteiger partial charge in [-0.3, -0.25) is 4.98 Å². The summed E-state index contributed by atoms with van der Waals surface area (Å²) >= 11 is 0.148. The summed E-state index contributed by atoms with van der Waals surface area (Å²) in [5.41, 5.74) is 7.64. The molecule has 0 spiro atoms. The molecule has 5 nitrogen and oxygen atoms in total. The Morgan fingerprint density at radius 3 is 2.58 bits per heavy atom. The van der Waals surface area contributed by atoms with Crippen molar-refractivity contribution in [2.75, 3.05) is 6.54 Å². The third-order valence-electron chi connectivity index (χ3n) is 2.37. The third-order valence-corrected chi connectivity index (χ3v) is 3.05. The predicted octanol–water partition coefficient (Wildman–Crippen LogP) is -0.0464. The molecule has 0 fully saturated rings. The van der Waals surface area contributed by atoms with Gasteiger partial charge in [-0.1, -0.05) is 18.2 Å². The van der Waals surface area contributed by atoms with Crippen LogP contribution in [0, 0.1) is 14.8 Å². The van der Waals surface area contributed by atoms with E-state index in [1.54, 1.807) is 0 Å². The highest BCUT2D eigenvalue weighted by atomic mass is 80.0. The van der Waals surface area contributed by atoms with Crippen molar-refractivity contribution in [2.45, 2.75) is 12.8 Å². The maximum atomic E-state index is 8.63. The van der Waals surface area contributed by atoms with E-state index in [1.807, 2.05) is 18.2 Å². The van der Waals surface area contributed by atoms with Gasteiger partial charge in [0.2, 0.25) is 0 Å². The second-order valence-corrected chi connectivity index (χ2v) is 5.40. The van der Waals surface area contributed by atoms with E-state index in [4.69, 9.17) is 18.3 Å². The molecule has 1 heterocycles. The molecule has 0 aliphatic carbocycles. The number of fused-ring (bicyclic) bond motifs is 1. The fourth-order valence-electron chi connectivity index (χ4n) is 1.57. The molecule has 0 saturated heterocycles. The molecule has 0 bridgehead atoms. The predicted molar refractivity (Wildman–Crippen MR) is 69.0 cm³/mol. The highest BCUT2D eigenvalue weighted by molar-refractivity contribution is 9.10. The molecule has 3 N–H and O–H groups in total. The van der Waals surface area contributed by atoms with Gasteiger partial charge >= 0.3 is 14.8 Å². The van der Waals surface area contributed by atoms with E-state index >= 15 is 0 Å². The van der Waals surface area contributed by atoms with Crippen molar-refractivity contribution in [3.63, 3.8) is 0 Å². The molecule has 7 heteroatoms. The van der Waals surface area contributed by atoms with Gasteiger partial charge < -0.3 is 14.1 Å². The number of halogens is 2. The average Bonchev–Trinajstić information content (AvgIpc) is 2.35. The largest absolute Gasteiger partial charge is 0.433 e. The number of hydrogen-bond acceptors (Lipinski definition) is 5. The molecule has 2 rings (SSSR count). The van der Waals surface area contributed by atoms with Crippen LogP contribution in [0.15, 0.2) is 34.8 Å². The van der Waals surface area contributed by atoms with Crippen LogP contribution in [0.2, 0.25) is 0 Å². The first-order chi connectivity index (χ1) is 9.04. The number of nitrogens with two attached hydrogens (primary N) is 1. The Morgan fingerprint density at radius 1 is 1.32 bits per heavy atom. The SMILES string of the molecule is NCCCc1nc2ccccc2cc1Br.[O-][Br+2]([O-])O. The molecule has 2 aromatic rings. The fraction of sp³-hybridized carbons (Fsp3) is 0.250. The van der Waals surface area contributed by atoms with Gasteiger partial charge in [0.05, 0.1) is 11.2 Å². The minimum Gasteiger partial charge on any atom is -0.372 e. The molecule has 0 aliphatic rings. The van der Waals surface area contributed by atoms with Gasteiger partial charge in [-0.15, -0.1) is 0 Å². The topological polar surface area (TPSA) is 105 Å². The van der Waals surface area contributed by atoms with Crippen molar-refractivity contribution in [3.8, 4) is 0 Å². The van der Waals surface area contributed by atoms with E-state index in [0.717, 1.165) is 28.5 Å². The summed E-state index contributed by atoms with van der Waals surface area (Å²) in [7, 11) is 0. The quantitative estimate of drug-likeness (QED) is 0.760. The molecule has 0 radical (unpaired) electrons. The summed E-state index contributed by atoms with van der Waals surface area (Å²) < 4.78 is 25.4. The lowest BCUT2D eigenvalue weighted by Crippen LogP contribution is -2.30. The lowest BCUT2D eigenvalue weighted by molar-refractivity contribution is -1.63. The molecule has 0 unspecified atom stereocenters. The Kier molecular flexibility index (Phi) is 7.44. The van der Waals surface area contributed by atoms with E-state index in [2.05, 4.69) is 33.0 Å². The molecule has 0 amide bonds. The molecule has 1 aromatic carbocycles. The number of aryl methyl sites for hydroxylation is 1. The number of aromatic nitrogens is 1. The Balaban J connectivity index is 0.000000399. The molecule has 0 atom stereocenters. The number of para-hydroxylation sites is 1. The number of hydrogen-bond donors (Lipinski definition) is 2. The van der Waals surface area contributed by atoms with Crippen LogP contribution in [0.1, 0.15) is 12.1 Å². The van der Waals surface area contributed by atoms with E-state index in [0.29, 0.717) is 6.54 Å². The summed E-state index contributed by atoms with van der Waals surface area (Å²) in [5.74, 6) is 0. The second kappa shape index (κ2) is 8.57. The van der Waals surface area contributed by atoms with E-state index in [-0.39, 0.29) is 0 Å². The van der Waals surface area contributed by atoms with Gasteiger partial charge in [0.25, 0.3) is 0 Å². The van der Waals surface area contributed by atoms with Crippen molar-refractivity contribution in [3.05, 3.63) is 40.5 Å². The maximum Gasteiger partial charge on any atom is 0.433 e. The van der Waals surface area contributed by atoms with Crippen LogP contribution >= 0.6 is 15.9 Å².